The monoisotopic (exact) mass is 281 g/mol. The molecule has 1 aromatic carbocycles. The van der Waals surface area contributed by atoms with Gasteiger partial charge in [0.15, 0.2) is 0 Å². The van der Waals surface area contributed by atoms with Crippen LogP contribution in [-0.2, 0) is 0 Å². The SMILES string of the molecule is CCOc1ccc(N)c(SCCN2CCNC2=O)c1. The lowest BCUT2D eigenvalue weighted by molar-refractivity contribution is 0.220. The second-order valence-electron chi connectivity index (χ2n) is 4.20. The van der Waals surface area contributed by atoms with Crippen molar-refractivity contribution in [2.24, 2.45) is 0 Å². The number of nitrogens with one attached hydrogen (secondary N) is 1. The third kappa shape index (κ3) is 3.70. The number of nitrogen functional groups attached to an aromatic ring is 1. The summed E-state index contributed by atoms with van der Waals surface area (Å²) in [6.07, 6.45) is 0. The lowest BCUT2D eigenvalue weighted by Gasteiger charge is -2.14. The molecule has 6 heteroatoms. The topological polar surface area (TPSA) is 67.6 Å². The van der Waals surface area contributed by atoms with E-state index in [0.717, 1.165) is 41.7 Å². The Hall–Kier alpha value is -1.56. The van der Waals surface area contributed by atoms with Crippen LogP contribution in [0.1, 0.15) is 6.92 Å². The number of hydrogen-bond acceptors (Lipinski definition) is 4. The van der Waals surface area contributed by atoms with E-state index < -0.39 is 0 Å². The molecule has 1 heterocycles. The summed E-state index contributed by atoms with van der Waals surface area (Å²) in [7, 11) is 0. The van der Waals surface area contributed by atoms with E-state index in [1.165, 1.54) is 0 Å². The number of nitrogens with two attached hydrogens (primary N) is 1. The number of anilines is 1. The van der Waals surface area contributed by atoms with Crippen LogP contribution in [0.4, 0.5) is 10.5 Å². The second-order valence-corrected chi connectivity index (χ2v) is 5.34. The molecule has 0 atom stereocenters. The summed E-state index contributed by atoms with van der Waals surface area (Å²) in [6.45, 7) is 4.85. The molecule has 104 valence electrons. The molecule has 1 aliphatic heterocycles. The number of benzene rings is 1. The first-order valence-corrected chi connectivity index (χ1v) is 7.37. The van der Waals surface area contributed by atoms with Crippen LogP contribution in [0, 0.1) is 0 Å². The third-order valence-electron chi connectivity index (χ3n) is 2.86. The standard InChI is InChI=1S/C13H19N3O2S/c1-2-18-10-3-4-11(14)12(9-10)19-8-7-16-6-5-15-13(16)17/h3-4,9H,2,5-8,14H2,1H3,(H,15,17). The van der Waals surface area contributed by atoms with Gasteiger partial charge in [0.2, 0.25) is 0 Å². The summed E-state index contributed by atoms with van der Waals surface area (Å²) < 4.78 is 5.45. The quantitative estimate of drug-likeness (QED) is 0.616. The molecule has 1 aliphatic rings. The van der Waals surface area contributed by atoms with E-state index in [9.17, 15) is 4.79 Å². The van der Waals surface area contributed by atoms with Crippen molar-refractivity contribution in [3.05, 3.63) is 18.2 Å². The summed E-state index contributed by atoms with van der Waals surface area (Å²) in [5.74, 6) is 1.66. The van der Waals surface area contributed by atoms with Crippen LogP contribution in [0.2, 0.25) is 0 Å². The summed E-state index contributed by atoms with van der Waals surface area (Å²) in [6, 6.07) is 5.71. The van der Waals surface area contributed by atoms with Crippen molar-refractivity contribution in [1.82, 2.24) is 10.2 Å². The molecule has 0 saturated carbocycles. The fourth-order valence-corrected chi connectivity index (χ4v) is 2.85. The fraction of sp³-hybridized carbons (Fsp3) is 0.462. The maximum Gasteiger partial charge on any atom is 0.317 e. The van der Waals surface area contributed by atoms with Gasteiger partial charge in [-0.15, -0.1) is 11.8 Å². The Morgan fingerprint density at radius 2 is 2.37 bits per heavy atom. The Bertz CT molecular complexity index is 454. The number of rotatable bonds is 6. The van der Waals surface area contributed by atoms with Gasteiger partial charge in [-0.1, -0.05) is 0 Å². The number of nitrogens with zero attached hydrogens (tertiary/aromatic N) is 1. The van der Waals surface area contributed by atoms with E-state index in [1.54, 1.807) is 11.8 Å². The molecule has 1 saturated heterocycles. The van der Waals surface area contributed by atoms with Crippen LogP contribution in [0.3, 0.4) is 0 Å². The maximum atomic E-state index is 11.4. The summed E-state index contributed by atoms with van der Waals surface area (Å²) >= 11 is 1.65. The Morgan fingerprint density at radius 3 is 3.05 bits per heavy atom. The zero-order valence-corrected chi connectivity index (χ0v) is 11.8. The Morgan fingerprint density at radius 1 is 1.53 bits per heavy atom. The molecule has 0 radical (unpaired) electrons. The van der Waals surface area contributed by atoms with Crippen LogP contribution in [-0.4, -0.2) is 42.9 Å². The number of urea groups is 1. The second kappa shape index (κ2) is 6.56. The maximum absolute atomic E-state index is 11.4. The highest BCUT2D eigenvalue weighted by atomic mass is 32.2. The van der Waals surface area contributed by atoms with Gasteiger partial charge in [-0.2, -0.15) is 0 Å². The molecule has 19 heavy (non-hydrogen) atoms. The number of carbonyl (C=O) groups excluding carboxylic acids is 1. The van der Waals surface area contributed by atoms with Gasteiger partial charge < -0.3 is 20.7 Å². The van der Waals surface area contributed by atoms with E-state index in [4.69, 9.17) is 10.5 Å². The minimum atomic E-state index is 0.0247. The predicted octanol–water partition coefficient (Wildman–Crippen LogP) is 1.78. The van der Waals surface area contributed by atoms with Crippen LogP contribution < -0.4 is 15.8 Å². The Labute approximate surface area is 117 Å². The molecule has 2 amide bonds. The zero-order chi connectivity index (χ0) is 13.7. The van der Waals surface area contributed by atoms with E-state index in [2.05, 4.69) is 5.32 Å². The first kappa shape index (κ1) is 13.9. The summed E-state index contributed by atoms with van der Waals surface area (Å²) in [5, 5.41) is 2.79. The summed E-state index contributed by atoms with van der Waals surface area (Å²) in [5.41, 5.74) is 6.69. The van der Waals surface area contributed by atoms with Crippen molar-refractivity contribution in [3.8, 4) is 5.75 Å². The van der Waals surface area contributed by atoms with Gasteiger partial charge in [0.05, 0.1) is 6.61 Å². The number of thioether (sulfide) groups is 1. The predicted molar refractivity (Wildman–Crippen MR) is 77.7 cm³/mol. The van der Waals surface area contributed by atoms with E-state index in [0.29, 0.717) is 6.61 Å². The summed E-state index contributed by atoms with van der Waals surface area (Å²) in [4.78, 5) is 14.2. The third-order valence-corrected chi connectivity index (χ3v) is 3.91. The molecule has 0 spiro atoms. The van der Waals surface area contributed by atoms with Crippen molar-refractivity contribution >= 4 is 23.5 Å². The Balaban J connectivity index is 1.87. The molecule has 0 bridgehead atoms. The van der Waals surface area contributed by atoms with Crippen molar-refractivity contribution in [1.29, 1.82) is 0 Å². The minimum Gasteiger partial charge on any atom is -0.494 e. The molecule has 2 rings (SSSR count). The van der Waals surface area contributed by atoms with Crippen LogP contribution in [0.5, 0.6) is 5.75 Å². The fourth-order valence-electron chi connectivity index (χ4n) is 1.89. The van der Waals surface area contributed by atoms with E-state index >= 15 is 0 Å². The molecule has 0 unspecified atom stereocenters. The molecular formula is C13H19N3O2S. The lowest BCUT2D eigenvalue weighted by Crippen LogP contribution is -2.30. The van der Waals surface area contributed by atoms with Gasteiger partial charge in [0.25, 0.3) is 0 Å². The Kier molecular flexibility index (Phi) is 4.79. The van der Waals surface area contributed by atoms with Crippen molar-refractivity contribution < 1.29 is 9.53 Å². The molecule has 1 fully saturated rings. The van der Waals surface area contributed by atoms with Gasteiger partial charge in [-0.05, 0) is 25.1 Å². The number of amides is 2. The van der Waals surface area contributed by atoms with Gasteiger partial charge in [-0.3, -0.25) is 0 Å². The van der Waals surface area contributed by atoms with Gasteiger partial charge in [0.1, 0.15) is 5.75 Å². The molecule has 3 N–H and O–H groups in total. The minimum absolute atomic E-state index is 0.0247. The highest BCUT2D eigenvalue weighted by molar-refractivity contribution is 7.99. The van der Waals surface area contributed by atoms with E-state index in [-0.39, 0.29) is 6.03 Å². The van der Waals surface area contributed by atoms with Crippen molar-refractivity contribution in [3.63, 3.8) is 0 Å². The van der Waals surface area contributed by atoms with Gasteiger partial charge in [-0.25, -0.2) is 4.79 Å². The number of ether oxygens (including phenoxy) is 1. The number of hydrogen-bond donors (Lipinski definition) is 2. The smallest absolute Gasteiger partial charge is 0.317 e. The molecular weight excluding hydrogens is 262 g/mol. The largest absolute Gasteiger partial charge is 0.494 e. The highest BCUT2D eigenvalue weighted by Gasteiger charge is 2.18. The first-order chi connectivity index (χ1) is 9.20. The van der Waals surface area contributed by atoms with Gasteiger partial charge in [0, 0.05) is 36.0 Å². The molecule has 1 aromatic rings. The first-order valence-electron chi connectivity index (χ1n) is 6.38. The van der Waals surface area contributed by atoms with Crippen LogP contribution in [0.25, 0.3) is 0 Å². The van der Waals surface area contributed by atoms with Gasteiger partial charge >= 0.3 is 6.03 Å². The van der Waals surface area contributed by atoms with Crippen molar-refractivity contribution in [2.75, 3.05) is 37.7 Å². The average Bonchev–Trinajstić information content (AvgIpc) is 2.79. The molecule has 5 nitrogen and oxygen atoms in total. The molecule has 0 aromatic heterocycles. The van der Waals surface area contributed by atoms with Crippen LogP contribution in [0.15, 0.2) is 23.1 Å². The lowest BCUT2D eigenvalue weighted by atomic mass is 10.3. The average molecular weight is 281 g/mol. The number of carbonyl (C=O) groups is 1. The molecule has 0 aliphatic carbocycles. The zero-order valence-electron chi connectivity index (χ0n) is 11.0. The van der Waals surface area contributed by atoms with Crippen molar-refractivity contribution in [2.45, 2.75) is 11.8 Å². The highest BCUT2D eigenvalue weighted by Crippen LogP contribution is 2.29. The van der Waals surface area contributed by atoms with E-state index in [1.807, 2.05) is 30.0 Å². The van der Waals surface area contributed by atoms with Crippen LogP contribution >= 0.6 is 11.8 Å². The normalized spacial score (nSPS) is 14.6.